The van der Waals surface area contributed by atoms with Crippen LogP contribution in [0.5, 0.6) is 0 Å². The molecule has 0 atom stereocenters. The highest BCUT2D eigenvalue weighted by molar-refractivity contribution is 7.22. The number of rotatable bonds is 2. The maximum absolute atomic E-state index is 11.2. The summed E-state index contributed by atoms with van der Waals surface area (Å²) in [5.74, 6) is 5.21. The molecule has 0 aliphatic rings. The summed E-state index contributed by atoms with van der Waals surface area (Å²) in [6, 6.07) is 7.62. The summed E-state index contributed by atoms with van der Waals surface area (Å²) in [6.45, 7) is 3.37. The van der Waals surface area contributed by atoms with Crippen molar-refractivity contribution >= 4 is 32.6 Å². The van der Waals surface area contributed by atoms with Crippen LogP contribution in [0, 0.1) is 0 Å². The van der Waals surface area contributed by atoms with Crippen molar-refractivity contribution in [2.75, 3.05) is 5.01 Å². The Bertz CT molecular complexity index is 487. The number of para-hydroxylation sites is 1. The molecular formula is C10H9N3OS. The first-order chi connectivity index (χ1) is 7.22. The van der Waals surface area contributed by atoms with Crippen LogP contribution in [0.15, 0.2) is 36.9 Å². The number of nitrogens with two attached hydrogens (primary N) is 1. The Morgan fingerprint density at radius 1 is 1.53 bits per heavy atom. The molecule has 2 N–H and O–H groups in total. The minimum Gasteiger partial charge on any atom is -0.268 e. The molecule has 0 aliphatic carbocycles. The number of hydrogen-bond acceptors (Lipinski definition) is 4. The summed E-state index contributed by atoms with van der Waals surface area (Å²) in [5, 5.41) is 1.47. The monoisotopic (exact) mass is 219 g/mol. The number of anilines is 1. The van der Waals surface area contributed by atoms with E-state index in [4.69, 9.17) is 5.84 Å². The zero-order valence-electron chi connectivity index (χ0n) is 7.88. The zero-order valence-corrected chi connectivity index (χ0v) is 8.70. The number of thiazole rings is 1. The van der Waals surface area contributed by atoms with Crippen molar-refractivity contribution < 1.29 is 4.79 Å². The molecule has 1 heterocycles. The SMILES string of the molecule is C=CC(=O)N(N)c1nc2ccccc2s1. The second-order valence-electron chi connectivity index (χ2n) is 2.88. The third-order valence-electron chi connectivity index (χ3n) is 1.90. The van der Waals surface area contributed by atoms with Crippen LogP contribution in [0.2, 0.25) is 0 Å². The molecule has 2 rings (SSSR count). The number of nitrogens with zero attached hydrogens (tertiary/aromatic N) is 2. The van der Waals surface area contributed by atoms with Crippen molar-refractivity contribution in [3.8, 4) is 0 Å². The number of carbonyl (C=O) groups is 1. The zero-order chi connectivity index (χ0) is 10.8. The molecule has 0 fully saturated rings. The van der Waals surface area contributed by atoms with E-state index in [9.17, 15) is 4.79 Å². The molecule has 0 bridgehead atoms. The number of hydrogen-bond donors (Lipinski definition) is 1. The van der Waals surface area contributed by atoms with Gasteiger partial charge in [0, 0.05) is 0 Å². The van der Waals surface area contributed by atoms with Gasteiger partial charge in [-0.25, -0.2) is 15.8 Å². The van der Waals surface area contributed by atoms with E-state index in [0.29, 0.717) is 5.13 Å². The first-order valence-corrected chi connectivity index (χ1v) is 5.11. The number of carbonyl (C=O) groups excluding carboxylic acids is 1. The highest BCUT2D eigenvalue weighted by Gasteiger charge is 2.12. The standard InChI is InChI=1S/C10H9N3OS/c1-2-9(14)13(11)10-12-7-5-3-4-6-8(7)15-10/h2-6H,1,11H2. The summed E-state index contributed by atoms with van der Waals surface area (Å²) < 4.78 is 1.000. The predicted molar refractivity (Wildman–Crippen MR) is 61.5 cm³/mol. The Labute approximate surface area is 90.6 Å². The maximum atomic E-state index is 11.2. The number of amides is 1. The van der Waals surface area contributed by atoms with Gasteiger partial charge in [0.2, 0.25) is 5.13 Å². The quantitative estimate of drug-likeness (QED) is 0.362. The van der Waals surface area contributed by atoms with Crippen molar-refractivity contribution in [3.05, 3.63) is 36.9 Å². The van der Waals surface area contributed by atoms with Crippen LogP contribution in [-0.2, 0) is 4.79 Å². The van der Waals surface area contributed by atoms with Crippen LogP contribution in [0.3, 0.4) is 0 Å². The second-order valence-corrected chi connectivity index (χ2v) is 3.89. The molecule has 76 valence electrons. The smallest absolute Gasteiger partial charge is 0.266 e. The maximum Gasteiger partial charge on any atom is 0.266 e. The largest absolute Gasteiger partial charge is 0.268 e. The Hall–Kier alpha value is -1.72. The van der Waals surface area contributed by atoms with Gasteiger partial charge >= 0.3 is 0 Å². The highest BCUT2D eigenvalue weighted by atomic mass is 32.1. The van der Waals surface area contributed by atoms with Gasteiger partial charge in [-0.3, -0.25) is 4.79 Å². The first kappa shape index (κ1) is 9.82. The topological polar surface area (TPSA) is 59.2 Å². The van der Waals surface area contributed by atoms with E-state index in [1.54, 1.807) is 0 Å². The van der Waals surface area contributed by atoms with Gasteiger partial charge in [-0.2, -0.15) is 0 Å². The summed E-state index contributed by atoms with van der Waals surface area (Å²) in [7, 11) is 0. The van der Waals surface area contributed by atoms with Crippen molar-refractivity contribution in [1.29, 1.82) is 0 Å². The van der Waals surface area contributed by atoms with Crippen LogP contribution in [0.4, 0.5) is 5.13 Å². The summed E-state index contributed by atoms with van der Waals surface area (Å²) >= 11 is 1.37. The van der Waals surface area contributed by atoms with E-state index < -0.39 is 0 Å². The van der Waals surface area contributed by atoms with Crippen molar-refractivity contribution in [2.24, 2.45) is 5.84 Å². The molecule has 15 heavy (non-hydrogen) atoms. The van der Waals surface area contributed by atoms with Gasteiger partial charge in [0.05, 0.1) is 10.2 Å². The van der Waals surface area contributed by atoms with Gasteiger partial charge in [0.15, 0.2) is 0 Å². The van der Waals surface area contributed by atoms with E-state index in [2.05, 4.69) is 11.6 Å². The van der Waals surface area contributed by atoms with Gasteiger partial charge in [-0.15, -0.1) is 0 Å². The minimum absolute atomic E-state index is 0.367. The van der Waals surface area contributed by atoms with Gasteiger partial charge in [-0.05, 0) is 18.2 Å². The molecule has 1 aromatic heterocycles. The molecule has 0 spiro atoms. The molecule has 0 saturated carbocycles. The van der Waals surface area contributed by atoms with E-state index in [1.807, 2.05) is 24.3 Å². The molecule has 1 aromatic carbocycles. The van der Waals surface area contributed by atoms with E-state index >= 15 is 0 Å². The Balaban J connectivity index is 2.44. The predicted octanol–water partition coefficient (Wildman–Crippen LogP) is 1.69. The average molecular weight is 219 g/mol. The van der Waals surface area contributed by atoms with E-state index in [0.717, 1.165) is 21.3 Å². The van der Waals surface area contributed by atoms with Gasteiger partial charge in [0.25, 0.3) is 5.91 Å². The van der Waals surface area contributed by atoms with E-state index in [-0.39, 0.29) is 5.91 Å². The third kappa shape index (κ3) is 1.74. The number of benzene rings is 1. The lowest BCUT2D eigenvalue weighted by atomic mass is 10.3. The summed E-state index contributed by atoms with van der Waals surface area (Å²) in [4.78, 5) is 15.5. The summed E-state index contributed by atoms with van der Waals surface area (Å²) in [5.41, 5.74) is 0.838. The normalized spacial score (nSPS) is 10.2. The van der Waals surface area contributed by atoms with E-state index in [1.165, 1.54) is 11.3 Å². The lowest BCUT2D eigenvalue weighted by molar-refractivity contribution is -0.114. The van der Waals surface area contributed by atoms with Crippen LogP contribution in [0.1, 0.15) is 0 Å². The van der Waals surface area contributed by atoms with Crippen LogP contribution < -0.4 is 10.9 Å². The van der Waals surface area contributed by atoms with Gasteiger partial charge in [-0.1, -0.05) is 30.0 Å². The third-order valence-corrected chi connectivity index (χ3v) is 2.94. The molecule has 0 unspecified atom stereocenters. The highest BCUT2D eigenvalue weighted by Crippen LogP contribution is 2.26. The molecule has 0 radical (unpaired) electrons. The molecule has 0 aliphatic heterocycles. The molecule has 4 nitrogen and oxygen atoms in total. The van der Waals surface area contributed by atoms with Crippen molar-refractivity contribution in [1.82, 2.24) is 4.98 Å². The fraction of sp³-hybridized carbons (Fsp3) is 0. The second kappa shape index (κ2) is 3.80. The number of hydrazine groups is 1. The summed E-state index contributed by atoms with van der Waals surface area (Å²) in [6.07, 6.45) is 1.16. The average Bonchev–Trinajstić information content (AvgIpc) is 2.70. The molecule has 5 heteroatoms. The van der Waals surface area contributed by atoms with Crippen molar-refractivity contribution in [2.45, 2.75) is 0 Å². The lowest BCUT2D eigenvalue weighted by Crippen LogP contribution is -2.35. The molecule has 2 aromatic rings. The van der Waals surface area contributed by atoms with Crippen LogP contribution in [0.25, 0.3) is 10.2 Å². The fourth-order valence-corrected chi connectivity index (χ4v) is 2.05. The first-order valence-electron chi connectivity index (χ1n) is 4.29. The Kier molecular flexibility index (Phi) is 2.49. The molecule has 0 saturated heterocycles. The lowest BCUT2D eigenvalue weighted by Gasteiger charge is -2.08. The van der Waals surface area contributed by atoms with Crippen LogP contribution >= 0.6 is 11.3 Å². The van der Waals surface area contributed by atoms with Gasteiger partial charge < -0.3 is 0 Å². The van der Waals surface area contributed by atoms with Crippen molar-refractivity contribution in [3.63, 3.8) is 0 Å². The number of fused-ring (bicyclic) bond motifs is 1. The molecular weight excluding hydrogens is 210 g/mol. The molecule has 1 amide bonds. The Morgan fingerprint density at radius 3 is 2.93 bits per heavy atom. The van der Waals surface area contributed by atoms with Gasteiger partial charge in [0.1, 0.15) is 0 Å². The van der Waals surface area contributed by atoms with Crippen LogP contribution in [-0.4, -0.2) is 10.9 Å². The Morgan fingerprint density at radius 2 is 2.27 bits per heavy atom. The fourth-order valence-electron chi connectivity index (χ4n) is 1.16. The minimum atomic E-state index is -0.367. The number of aromatic nitrogens is 1.